The number of fused-ring (bicyclic) bond motifs is 1. The third kappa shape index (κ3) is 3.24. The van der Waals surface area contributed by atoms with Crippen molar-refractivity contribution >= 4 is 38.5 Å². The van der Waals surface area contributed by atoms with Crippen LogP contribution in [0.2, 0.25) is 0 Å². The number of halogens is 4. The fraction of sp³-hybridized carbons (Fsp3) is 0.0625. The molecule has 0 aliphatic heterocycles. The van der Waals surface area contributed by atoms with Crippen molar-refractivity contribution in [2.75, 3.05) is 5.32 Å². The molecule has 2 aromatic carbocycles. The molecular weight excluding hydrogens is 375 g/mol. The number of furan rings is 1. The van der Waals surface area contributed by atoms with Crippen LogP contribution in [0.4, 0.5) is 18.9 Å². The number of anilines is 1. The molecule has 0 atom stereocenters. The molecule has 3 nitrogen and oxygen atoms in total. The zero-order valence-corrected chi connectivity index (χ0v) is 13.0. The molecule has 0 saturated carbocycles. The van der Waals surface area contributed by atoms with Crippen LogP contribution in [0.3, 0.4) is 0 Å². The van der Waals surface area contributed by atoms with E-state index in [1.54, 1.807) is 18.2 Å². The Morgan fingerprint density at radius 3 is 2.57 bits per heavy atom. The minimum absolute atomic E-state index is 0.0601. The highest BCUT2D eigenvalue weighted by Gasteiger charge is 2.33. The van der Waals surface area contributed by atoms with E-state index in [1.807, 2.05) is 0 Å². The van der Waals surface area contributed by atoms with E-state index in [-0.39, 0.29) is 11.4 Å². The Hall–Kier alpha value is -2.28. The van der Waals surface area contributed by atoms with Crippen LogP contribution >= 0.6 is 15.9 Å². The summed E-state index contributed by atoms with van der Waals surface area (Å²) < 4.78 is 45.0. The lowest BCUT2D eigenvalue weighted by Gasteiger charge is -2.12. The number of rotatable bonds is 2. The molecule has 1 aromatic heterocycles. The minimum Gasteiger partial charge on any atom is -0.451 e. The van der Waals surface area contributed by atoms with Gasteiger partial charge in [-0.3, -0.25) is 4.79 Å². The van der Waals surface area contributed by atoms with E-state index >= 15 is 0 Å². The first-order valence-corrected chi connectivity index (χ1v) is 7.30. The molecule has 0 bridgehead atoms. The Kier molecular flexibility index (Phi) is 3.89. The van der Waals surface area contributed by atoms with Gasteiger partial charge in [-0.25, -0.2) is 0 Å². The van der Waals surface area contributed by atoms with Gasteiger partial charge in [-0.1, -0.05) is 28.1 Å². The molecule has 0 fully saturated rings. The van der Waals surface area contributed by atoms with Crippen LogP contribution in [0.5, 0.6) is 0 Å². The summed E-state index contributed by atoms with van der Waals surface area (Å²) in [5, 5.41) is 2.92. The molecule has 0 aliphatic carbocycles. The molecule has 0 spiro atoms. The zero-order chi connectivity index (χ0) is 16.6. The van der Waals surface area contributed by atoms with E-state index in [0.29, 0.717) is 11.0 Å². The van der Waals surface area contributed by atoms with Crippen LogP contribution in [-0.4, -0.2) is 5.91 Å². The molecule has 1 heterocycles. The Balaban J connectivity index is 1.92. The summed E-state index contributed by atoms with van der Waals surface area (Å²) in [6.45, 7) is 0. The maximum atomic E-state index is 12.9. The van der Waals surface area contributed by atoms with Crippen molar-refractivity contribution in [2.45, 2.75) is 6.18 Å². The molecule has 0 unspecified atom stereocenters. The molecule has 0 aliphatic rings. The summed E-state index contributed by atoms with van der Waals surface area (Å²) in [4.78, 5) is 12.2. The van der Waals surface area contributed by atoms with Crippen LogP contribution in [0.25, 0.3) is 11.0 Å². The normalized spacial score (nSPS) is 11.7. The summed E-state index contributed by atoms with van der Waals surface area (Å²) >= 11 is 3.30. The van der Waals surface area contributed by atoms with Crippen molar-refractivity contribution in [3.63, 3.8) is 0 Å². The topological polar surface area (TPSA) is 42.2 Å². The SMILES string of the molecule is O=C(Nc1ccccc1C(F)(F)F)c1cc2cc(Br)ccc2o1. The lowest BCUT2D eigenvalue weighted by molar-refractivity contribution is -0.136. The van der Waals surface area contributed by atoms with Crippen LogP contribution in [-0.2, 0) is 6.18 Å². The molecule has 118 valence electrons. The van der Waals surface area contributed by atoms with Gasteiger partial charge in [-0.2, -0.15) is 13.2 Å². The first-order chi connectivity index (χ1) is 10.8. The number of carbonyl (C=O) groups is 1. The number of hydrogen-bond donors (Lipinski definition) is 1. The van der Waals surface area contributed by atoms with Gasteiger partial charge in [0.1, 0.15) is 5.58 Å². The standard InChI is InChI=1S/C16H9BrF3NO2/c17-10-5-6-13-9(7-10)8-14(23-13)15(22)21-12-4-2-1-3-11(12)16(18,19)20/h1-8H,(H,21,22). The van der Waals surface area contributed by atoms with Crippen molar-refractivity contribution in [2.24, 2.45) is 0 Å². The molecule has 1 N–H and O–H groups in total. The predicted molar refractivity (Wildman–Crippen MR) is 83.3 cm³/mol. The molecular formula is C16H9BrF3NO2. The van der Waals surface area contributed by atoms with Gasteiger partial charge >= 0.3 is 6.18 Å². The number of benzene rings is 2. The summed E-state index contributed by atoms with van der Waals surface area (Å²) in [6, 6.07) is 11.4. The maximum absolute atomic E-state index is 12.9. The van der Waals surface area contributed by atoms with E-state index in [9.17, 15) is 18.0 Å². The summed E-state index contributed by atoms with van der Waals surface area (Å²) in [5.41, 5.74) is -0.749. The summed E-state index contributed by atoms with van der Waals surface area (Å²) in [7, 11) is 0. The predicted octanol–water partition coefficient (Wildman–Crippen LogP) is 5.47. The van der Waals surface area contributed by atoms with Gasteiger partial charge in [0.05, 0.1) is 11.3 Å². The van der Waals surface area contributed by atoms with Crippen molar-refractivity contribution < 1.29 is 22.4 Å². The largest absolute Gasteiger partial charge is 0.451 e. The Morgan fingerprint density at radius 2 is 1.83 bits per heavy atom. The number of nitrogens with one attached hydrogen (secondary N) is 1. The average molecular weight is 384 g/mol. The van der Waals surface area contributed by atoms with E-state index in [1.165, 1.54) is 24.3 Å². The van der Waals surface area contributed by atoms with Crippen LogP contribution in [0, 0.1) is 0 Å². The van der Waals surface area contributed by atoms with Crippen LogP contribution in [0.15, 0.2) is 57.4 Å². The second-order valence-corrected chi connectivity index (χ2v) is 5.71. The van der Waals surface area contributed by atoms with Crippen molar-refractivity contribution in [1.29, 1.82) is 0 Å². The third-order valence-corrected chi connectivity index (χ3v) is 3.68. The van der Waals surface area contributed by atoms with Gasteiger partial charge in [-0.05, 0) is 36.4 Å². The fourth-order valence-electron chi connectivity index (χ4n) is 2.15. The van der Waals surface area contributed by atoms with Gasteiger partial charge < -0.3 is 9.73 Å². The van der Waals surface area contributed by atoms with Gasteiger partial charge in [0.15, 0.2) is 5.76 Å². The molecule has 0 radical (unpaired) electrons. The highest BCUT2D eigenvalue weighted by Crippen LogP contribution is 2.35. The number of para-hydroxylation sites is 1. The highest BCUT2D eigenvalue weighted by atomic mass is 79.9. The van der Waals surface area contributed by atoms with Crippen molar-refractivity contribution in [1.82, 2.24) is 0 Å². The molecule has 3 rings (SSSR count). The van der Waals surface area contributed by atoms with E-state index in [0.717, 1.165) is 10.5 Å². The van der Waals surface area contributed by atoms with Gasteiger partial charge in [0.2, 0.25) is 0 Å². The fourth-order valence-corrected chi connectivity index (χ4v) is 2.53. The molecule has 3 aromatic rings. The first-order valence-electron chi connectivity index (χ1n) is 6.51. The number of carbonyl (C=O) groups excluding carboxylic acids is 1. The maximum Gasteiger partial charge on any atom is 0.418 e. The monoisotopic (exact) mass is 383 g/mol. The second kappa shape index (κ2) is 5.73. The van der Waals surface area contributed by atoms with E-state index < -0.39 is 17.6 Å². The van der Waals surface area contributed by atoms with Crippen molar-refractivity contribution in [3.05, 3.63) is 64.3 Å². The number of alkyl halides is 3. The van der Waals surface area contributed by atoms with Gasteiger partial charge in [0, 0.05) is 9.86 Å². The van der Waals surface area contributed by atoms with E-state index in [2.05, 4.69) is 21.2 Å². The van der Waals surface area contributed by atoms with E-state index in [4.69, 9.17) is 4.42 Å². The molecule has 23 heavy (non-hydrogen) atoms. The van der Waals surface area contributed by atoms with Crippen LogP contribution < -0.4 is 5.32 Å². The second-order valence-electron chi connectivity index (χ2n) is 4.79. The number of hydrogen-bond acceptors (Lipinski definition) is 2. The molecule has 7 heteroatoms. The highest BCUT2D eigenvalue weighted by molar-refractivity contribution is 9.10. The molecule has 0 saturated heterocycles. The summed E-state index contributed by atoms with van der Waals surface area (Å²) in [5.74, 6) is -0.802. The lowest BCUT2D eigenvalue weighted by Crippen LogP contribution is -2.16. The lowest BCUT2D eigenvalue weighted by atomic mass is 10.1. The van der Waals surface area contributed by atoms with Crippen LogP contribution in [0.1, 0.15) is 16.1 Å². The quantitative estimate of drug-likeness (QED) is 0.637. The first kappa shape index (κ1) is 15.6. The van der Waals surface area contributed by atoms with Crippen molar-refractivity contribution in [3.8, 4) is 0 Å². The number of amides is 1. The average Bonchev–Trinajstić information content (AvgIpc) is 2.89. The summed E-state index contributed by atoms with van der Waals surface area (Å²) in [6.07, 6.45) is -4.55. The Bertz CT molecular complexity index is 886. The molecule has 1 amide bonds. The van der Waals surface area contributed by atoms with Gasteiger partial charge in [-0.15, -0.1) is 0 Å². The third-order valence-electron chi connectivity index (χ3n) is 3.18. The Morgan fingerprint density at radius 1 is 1.09 bits per heavy atom. The smallest absolute Gasteiger partial charge is 0.418 e. The van der Waals surface area contributed by atoms with Gasteiger partial charge in [0.25, 0.3) is 5.91 Å². The Labute approximate surface area is 137 Å². The minimum atomic E-state index is -4.55. The zero-order valence-electron chi connectivity index (χ0n) is 11.4.